The first kappa shape index (κ1) is 37.9. The van der Waals surface area contributed by atoms with Gasteiger partial charge in [0.1, 0.15) is 15.2 Å². The Morgan fingerprint density at radius 2 is 1.02 bits per heavy atom. The summed E-state index contributed by atoms with van der Waals surface area (Å²) < 4.78 is 1.29. The largest absolute Gasteiger partial charge is 0.255 e. The third kappa shape index (κ3) is 7.14. The third-order valence-corrected chi connectivity index (χ3v) is 15.4. The Kier molecular flexibility index (Phi) is 9.63. The van der Waals surface area contributed by atoms with E-state index in [9.17, 15) is 0 Å². The molecule has 0 unspecified atom stereocenters. The van der Waals surface area contributed by atoms with Crippen LogP contribution < -0.4 is 0 Å². The van der Waals surface area contributed by atoms with Crippen molar-refractivity contribution in [1.29, 1.82) is 0 Å². The van der Waals surface area contributed by atoms with Gasteiger partial charge in [0.05, 0.1) is 16.4 Å². The first-order chi connectivity index (χ1) is 23.5. The molecule has 0 saturated heterocycles. The zero-order valence-electron chi connectivity index (χ0n) is 33.3. The van der Waals surface area contributed by atoms with E-state index in [4.69, 9.17) is 15.0 Å². The number of pyridine rings is 1. The second-order valence-corrected chi connectivity index (χ2v) is 22.3. The van der Waals surface area contributed by atoms with E-state index in [2.05, 4.69) is 125 Å². The van der Waals surface area contributed by atoms with Crippen LogP contribution in [0.2, 0.25) is 0 Å². The van der Waals surface area contributed by atoms with Crippen molar-refractivity contribution in [2.45, 2.75) is 155 Å². The monoisotopic (exact) mass is 739 g/mol. The number of hydrogen-bond donors (Lipinski definition) is 0. The van der Waals surface area contributed by atoms with Crippen molar-refractivity contribution in [2.24, 2.45) is 0 Å². The highest BCUT2D eigenvalue weighted by molar-refractivity contribution is 7.19. The van der Waals surface area contributed by atoms with Gasteiger partial charge in [-0.3, -0.25) is 9.97 Å². The molecule has 0 spiro atoms. The molecule has 6 aromatic heterocycles. The lowest BCUT2D eigenvalue weighted by Crippen LogP contribution is -2.30. The number of nitrogens with zero attached hydrogens (tertiary/aromatic N) is 5. The topological polar surface area (TPSA) is 64.5 Å². The van der Waals surface area contributed by atoms with E-state index >= 15 is 0 Å². The maximum Gasteiger partial charge on any atom is 0.146 e. The van der Waals surface area contributed by atoms with Crippen LogP contribution in [0.1, 0.15) is 154 Å². The van der Waals surface area contributed by atoms with E-state index in [0.29, 0.717) is 0 Å². The lowest BCUT2D eigenvalue weighted by molar-refractivity contribution is 0.356. The Balaban J connectivity index is 1.34. The zero-order chi connectivity index (χ0) is 37.4. The van der Waals surface area contributed by atoms with Crippen LogP contribution in [0.25, 0.3) is 30.8 Å². The fourth-order valence-electron chi connectivity index (χ4n) is 7.81. The minimum Gasteiger partial charge on any atom is -0.255 e. The highest BCUT2D eigenvalue weighted by Gasteiger charge is 2.40. The lowest BCUT2D eigenvalue weighted by atomic mass is 9.68. The van der Waals surface area contributed by atoms with Gasteiger partial charge in [0.25, 0.3) is 0 Å². The first-order valence-electron chi connectivity index (χ1n) is 18.4. The SMILES string of the molecule is CC(C)(C)c1sc2cccnc2c1C(C)(C)CCC(C)(C)c1sc2nnccc2c1C(C)(C)CCC(C)(C)c1sc2nccnc2c1C(C)(C)C. The van der Waals surface area contributed by atoms with Crippen molar-refractivity contribution in [3.63, 3.8) is 0 Å². The summed E-state index contributed by atoms with van der Waals surface area (Å²) in [6, 6.07) is 6.50. The second kappa shape index (κ2) is 12.9. The van der Waals surface area contributed by atoms with Crippen LogP contribution >= 0.6 is 34.0 Å². The molecule has 5 nitrogen and oxygen atoms in total. The molecule has 0 saturated carbocycles. The zero-order valence-corrected chi connectivity index (χ0v) is 35.8. The summed E-state index contributed by atoms with van der Waals surface area (Å²) in [5, 5.41) is 10.3. The van der Waals surface area contributed by atoms with E-state index in [0.717, 1.165) is 40.9 Å². The van der Waals surface area contributed by atoms with Crippen molar-refractivity contribution in [1.82, 2.24) is 25.1 Å². The van der Waals surface area contributed by atoms with Crippen LogP contribution in [0, 0.1) is 0 Å². The Morgan fingerprint density at radius 1 is 0.471 bits per heavy atom. The molecule has 0 aromatic carbocycles. The normalized spacial score (nSPS) is 14.0. The maximum atomic E-state index is 4.94. The lowest BCUT2D eigenvalue weighted by Gasteiger charge is -2.37. The smallest absolute Gasteiger partial charge is 0.146 e. The molecule has 0 radical (unpaired) electrons. The predicted molar refractivity (Wildman–Crippen MR) is 222 cm³/mol. The van der Waals surface area contributed by atoms with Gasteiger partial charge in [0.2, 0.25) is 0 Å². The summed E-state index contributed by atoms with van der Waals surface area (Å²) in [6.45, 7) is 33.5. The standard InChI is InChI=1S/C43H57N5S3/c1-38(2,3)29-32-37(46-25-24-45-32)51-35(29)43(13,14)20-18-40(7,8)28-26-17-23-47-48-36(26)50-34(28)42(11,12)21-19-41(9,10)30-31-27(16-15-22-44-31)49-33(30)39(4,5)6/h15-17,22-25H,18-21H2,1-14H3. The van der Waals surface area contributed by atoms with Crippen LogP contribution in [-0.2, 0) is 32.5 Å². The Bertz CT molecular complexity index is 2200. The summed E-state index contributed by atoms with van der Waals surface area (Å²) >= 11 is 5.61. The summed E-state index contributed by atoms with van der Waals surface area (Å²) in [4.78, 5) is 20.9. The van der Waals surface area contributed by atoms with E-state index in [1.165, 1.54) is 46.9 Å². The van der Waals surface area contributed by atoms with Crippen molar-refractivity contribution < 1.29 is 0 Å². The fraction of sp³-hybridized carbons (Fsp3) is 0.558. The molecule has 51 heavy (non-hydrogen) atoms. The van der Waals surface area contributed by atoms with Crippen molar-refractivity contribution in [3.05, 3.63) is 74.3 Å². The van der Waals surface area contributed by atoms with Gasteiger partial charge in [-0.2, -0.15) is 5.10 Å². The Morgan fingerprint density at radius 3 is 1.65 bits per heavy atom. The second-order valence-electron chi connectivity index (χ2n) is 19.3. The third-order valence-electron chi connectivity index (χ3n) is 10.9. The van der Waals surface area contributed by atoms with Gasteiger partial charge >= 0.3 is 0 Å². The average Bonchev–Trinajstić information content (AvgIpc) is 3.76. The van der Waals surface area contributed by atoms with Crippen molar-refractivity contribution >= 4 is 64.8 Å². The summed E-state index contributed by atoms with van der Waals surface area (Å²) in [5.74, 6) is 0. The Labute approximate surface area is 317 Å². The molecule has 0 aliphatic carbocycles. The van der Waals surface area contributed by atoms with E-state index < -0.39 is 0 Å². The van der Waals surface area contributed by atoms with Gasteiger partial charge in [0, 0.05) is 38.6 Å². The quantitative estimate of drug-likeness (QED) is 0.140. The number of fused-ring (bicyclic) bond motifs is 3. The van der Waals surface area contributed by atoms with E-state index in [1.54, 1.807) is 0 Å². The molecule has 272 valence electrons. The van der Waals surface area contributed by atoms with Gasteiger partial charge in [-0.1, -0.05) is 96.9 Å². The molecule has 0 N–H and O–H groups in total. The number of thiophene rings is 3. The molecule has 0 atom stereocenters. The highest BCUT2D eigenvalue weighted by Crippen LogP contribution is 2.52. The van der Waals surface area contributed by atoms with Crippen LogP contribution in [-0.4, -0.2) is 25.1 Å². The fourth-order valence-corrected chi connectivity index (χ4v) is 12.1. The molecule has 0 aliphatic heterocycles. The van der Waals surface area contributed by atoms with Gasteiger partial charge in [-0.25, -0.2) is 4.98 Å². The number of rotatable bonds is 10. The number of aromatic nitrogens is 5. The van der Waals surface area contributed by atoms with E-state index in [-0.39, 0.29) is 32.5 Å². The molecule has 8 heteroatoms. The Hall–Kier alpha value is -2.81. The summed E-state index contributed by atoms with van der Waals surface area (Å²) in [7, 11) is 0. The molecular formula is C43H57N5S3. The molecule has 0 aliphatic rings. The van der Waals surface area contributed by atoms with E-state index in [1.807, 2.05) is 58.8 Å². The molecule has 0 bridgehead atoms. The number of hydrogen-bond acceptors (Lipinski definition) is 8. The van der Waals surface area contributed by atoms with Gasteiger partial charge in [-0.05, 0) is 93.1 Å². The predicted octanol–water partition coefficient (Wildman–Crippen LogP) is 13.0. The van der Waals surface area contributed by atoms with Crippen LogP contribution in [0.4, 0.5) is 0 Å². The maximum absolute atomic E-state index is 4.94. The molecule has 0 fully saturated rings. The highest BCUT2D eigenvalue weighted by atomic mass is 32.1. The molecule has 6 aromatic rings. The van der Waals surface area contributed by atoms with Crippen LogP contribution in [0.3, 0.4) is 0 Å². The molecular weight excluding hydrogens is 683 g/mol. The summed E-state index contributed by atoms with van der Waals surface area (Å²) in [6.07, 6.45) is 11.7. The van der Waals surface area contributed by atoms with Gasteiger partial charge < -0.3 is 0 Å². The summed E-state index contributed by atoms with van der Waals surface area (Å²) in [5.41, 5.74) is 6.27. The van der Waals surface area contributed by atoms with Gasteiger partial charge in [-0.15, -0.1) is 39.1 Å². The average molecular weight is 740 g/mol. The minimum absolute atomic E-state index is 0.0252. The molecule has 6 heterocycles. The van der Waals surface area contributed by atoms with Crippen molar-refractivity contribution in [2.75, 3.05) is 0 Å². The van der Waals surface area contributed by atoms with Crippen LogP contribution in [0.5, 0.6) is 0 Å². The van der Waals surface area contributed by atoms with Gasteiger partial charge in [0.15, 0.2) is 0 Å². The first-order valence-corrected chi connectivity index (χ1v) is 20.9. The van der Waals surface area contributed by atoms with Crippen LogP contribution in [0.15, 0.2) is 43.0 Å². The minimum atomic E-state index is -0.0807. The van der Waals surface area contributed by atoms with Crippen molar-refractivity contribution in [3.8, 4) is 0 Å². The molecule has 0 amide bonds. The molecule has 6 rings (SSSR count).